The summed E-state index contributed by atoms with van der Waals surface area (Å²) in [6.07, 6.45) is 1.98. The van der Waals surface area contributed by atoms with Gasteiger partial charge in [-0.1, -0.05) is 12.1 Å². The van der Waals surface area contributed by atoms with E-state index in [2.05, 4.69) is 10.6 Å². The van der Waals surface area contributed by atoms with Crippen molar-refractivity contribution in [1.82, 2.24) is 5.32 Å². The number of hydrogen-bond donors (Lipinski definition) is 3. The quantitative estimate of drug-likeness (QED) is 0.772. The third-order valence-corrected chi connectivity index (χ3v) is 3.19. The fourth-order valence-electron chi connectivity index (χ4n) is 1.83. The molecule has 1 aromatic rings. The Morgan fingerprint density at radius 2 is 1.90 bits per heavy atom. The summed E-state index contributed by atoms with van der Waals surface area (Å²) in [5.74, 6) is 0.110. The van der Waals surface area contributed by atoms with Gasteiger partial charge in [-0.15, -0.1) is 12.4 Å². The summed E-state index contributed by atoms with van der Waals surface area (Å²) in [7, 11) is 0. The van der Waals surface area contributed by atoms with Crippen molar-refractivity contribution in [2.45, 2.75) is 25.8 Å². The molecule has 1 saturated carbocycles. The molecule has 1 fully saturated rings. The van der Waals surface area contributed by atoms with E-state index in [0.29, 0.717) is 0 Å². The topological polar surface area (TPSA) is 84.2 Å². The van der Waals surface area contributed by atoms with Gasteiger partial charge in [-0.2, -0.15) is 0 Å². The second-order valence-corrected chi connectivity index (χ2v) is 4.88. The van der Waals surface area contributed by atoms with Gasteiger partial charge in [0.2, 0.25) is 11.8 Å². The number of hydrogen-bond acceptors (Lipinski definition) is 3. The Bertz CT molecular complexity index is 472. The van der Waals surface area contributed by atoms with E-state index >= 15 is 0 Å². The Kier molecular flexibility index (Phi) is 5.98. The molecule has 2 amide bonds. The van der Waals surface area contributed by atoms with E-state index < -0.39 is 0 Å². The van der Waals surface area contributed by atoms with E-state index in [1.807, 2.05) is 31.2 Å². The van der Waals surface area contributed by atoms with Crippen LogP contribution in [0.2, 0.25) is 0 Å². The van der Waals surface area contributed by atoms with Gasteiger partial charge < -0.3 is 16.4 Å². The summed E-state index contributed by atoms with van der Waals surface area (Å²) in [5.41, 5.74) is 7.02. The van der Waals surface area contributed by atoms with Gasteiger partial charge in [0.25, 0.3) is 0 Å². The smallest absolute Gasteiger partial charge is 0.234 e. The van der Waals surface area contributed by atoms with Gasteiger partial charge in [0.1, 0.15) is 0 Å². The Balaban J connectivity index is 0.00000200. The third-order valence-electron chi connectivity index (χ3n) is 3.19. The molecule has 4 N–H and O–H groups in total. The molecule has 20 heavy (non-hydrogen) atoms. The van der Waals surface area contributed by atoms with Crippen molar-refractivity contribution in [3.8, 4) is 0 Å². The number of anilines is 1. The molecule has 0 saturated heterocycles. The van der Waals surface area contributed by atoms with Gasteiger partial charge >= 0.3 is 0 Å². The van der Waals surface area contributed by atoms with Gasteiger partial charge in [0.05, 0.1) is 12.6 Å². The average Bonchev–Trinajstić information content (AvgIpc) is 3.23. The Hall–Kier alpha value is -1.59. The minimum atomic E-state index is -0.182. The van der Waals surface area contributed by atoms with Gasteiger partial charge in [-0.05, 0) is 37.5 Å². The summed E-state index contributed by atoms with van der Waals surface area (Å²) < 4.78 is 0. The summed E-state index contributed by atoms with van der Waals surface area (Å²) in [6.45, 7) is 1.88. The lowest BCUT2D eigenvalue weighted by Crippen LogP contribution is -2.32. The lowest BCUT2D eigenvalue weighted by atomic mass is 10.1. The lowest BCUT2D eigenvalue weighted by molar-refractivity contribution is -0.120. The highest BCUT2D eigenvalue weighted by atomic mass is 35.5. The molecule has 2 rings (SSSR count). The highest BCUT2D eigenvalue weighted by molar-refractivity contribution is 5.94. The molecule has 0 spiro atoms. The van der Waals surface area contributed by atoms with Gasteiger partial charge in [0.15, 0.2) is 0 Å². The molecule has 1 aromatic carbocycles. The third kappa shape index (κ3) is 4.51. The second-order valence-electron chi connectivity index (χ2n) is 4.88. The van der Waals surface area contributed by atoms with Crippen LogP contribution in [0.25, 0.3) is 0 Å². The van der Waals surface area contributed by atoms with Crippen LogP contribution in [0.5, 0.6) is 0 Å². The molecule has 110 valence electrons. The molecule has 1 aliphatic carbocycles. The first-order chi connectivity index (χ1) is 9.10. The van der Waals surface area contributed by atoms with Crippen molar-refractivity contribution in [2.75, 3.05) is 11.9 Å². The average molecular weight is 298 g/mol. The fraction of sp³-hybridized carbons (Fsp3) is 0.429. The van der Waals surface area contributed by atoms with Crippen LogP contribution in [0.15, 0.2) is 24.3 Å². The summed E-state index contributed by atoms with van der Waals surface area (Å²) >= 11 is 0. The first-order valence-electron chi connectivity index (χ1n) is 6.50. The zero-order valence-corrected chi connectivity index (χ0v) is 12.2. The molecular weight excluding hydrogens is 278 g/mol. The molecule has 1 unspecified atom stereocenters. The van der Waals surface area contributed by atoms with E-state index in [1.54, 1.807) is 0 Å². The Labute approximate surface area is 124 Å². The molecule has 0 aliphatic heterocycles. The van der Waals surface area contributed by atoms with Gasteiger partial charge in [-0.3, -0.25) is 9.59 Å². The van der Waals surface area contributed by atoms with Crippen molar-refractivity contribution in [1.29, 1.82) is 0 Å². The normalized spacial score (nSPS) is 14.9. The number of nitrogens with two attached hydrogens (primary N) is 1. The van der Waals surface area contributed by atoms with E-state index in [-0.39, 0.29) is 42.7 Å². The van der Waals surface area contributed by atoms with Crippen LogP contribution in [0.3, 0.4) is 0 Å². The van der Waals surface area contributed by atoms with E-state index in [9.17, 15) is 9.59 Å². The maximum atomic E-state index is 11.6. The number of halogens is 1. The van der Waals surface area contributed by atoms with Crippen LogP contribution in [-0.2, 0) is 9.59 Å². The molecule has 0 heterocycles. The van der Waals surface area contributed by atoms with Crippen LogP contribution in [0.4, 0.5) is 5.69 Å². The molecule has 0 bridgehead atoms. The standard InChI is InChI=1S/C14H19N3O2.ClH/c1-9(16-13(18)8-15)10-4-6-12(7-5-10)17-14(19)11-2-3-11;/h4-7,9,11H,2-3,8,15H2,1H3,(H,16,18)(H,17,19);1H. The Morgan fingerprint density at radius 1 is 1.30 bits per heavy atom. The number of amides is 2. The lowest BCUT2D eigenvalue weighted by Gasteiger charge is -2.14. The maximum Gasteiger partial charge on any atom is 0.234 e. The molecule has 1 atom stereocenters. The zero-order chi connectivity index (χ0) is 13.8. The molecular formula is C14H20ClN3O2. The summed E-state index contributed by atoms with van der Waals surface area (Å²) in [6, 6.07) is 7.39. The van der Waals surface area contributed by atoms with E-state index in [1.165, 1.54) is 0 Å². The zero-order valence-electron chi connectivity index (χ0n) is 11.4. The van der Waals surface area contributed by atoms with Crippen molar-refractivity contribution >= 4 is 29.9 Å². The first-order valence-corrected chi connectivity index (χ1v) is 6.50. The van der Waals surface area contributed by atoms with Crippen LogP contribution in [-0.4, -0.2) is 18.4 Å². The maximum absolute atomic E-state index is 11.6. The highest BCUT2D eigenvalue weighted by Crippen LogP contribution is 2.30. The summed E-state index contributed by atoms with van der Waals surface area (Å²) in [5, 5.41) is 5.66. The van der Waals surface area contributed by atoms with Crippen molar-refractivity contribution < 1.29 is 9.59 Å². The predicted molar refractivity (Wildman–Crippen MR) is 80.7 cm³/mol. The highest BCUT2D eigenvalue weighted by Gasteiger charge is 2.29. The number of nitrogens with one attached hydrogen (secondary N) is 2. The SMILES string of the molecule is CC(NC(=O)CN)c1ccc(NC(=O)C2CC2)cc1.Cl. The van der Waals surface area contributed by atoms with Gasteiger partial charge in [0, 0.05) is 11.6 Å². The number of carbonyl (C=O) groups excluding carboxylic acids is 2. The molecule has 0 aromatic heterocycles. The van der Waals surface area contributed by atoms with Crippen molar-refractivity contribution in [3.05, 3.63) is 29.8 Å². The van der Waals surface area contributed by atoms with E-state index in [4.69, 9.17) is 5.73 Å². The minimum absolute atomic E-state index is 0. The Morgan fingerprint density at radius 3 is 2.40 bits per heavy atom. The minimum Gasteiger partial charge on any atom is -0.348 e. The van der Waals surface area contributed by atoms with Crippen LogP contribution in [0, 0.1) is 5.92 Å². The van der Waals surface area contributed by atoms with Crippen molar-refractivity contribution in [3.63, 3.8) is 0 Å². The summed E-state index contributed by atoms with van der Waals surface area (Å²) in [4.78, 5) is 22.8. The largest absolute Gasteiger partial charge is 0.348 e. The molecule has 5 nitrogen and oxygen atoms in total. The van der Waals surface area contributed by atoms with Crippen LogP contribution < -0.4 is 16.4 Å². The van der Waals surface area contributed by atoms with E-state index in [0.717, 1.165) is 24.1 Å². The first kappa shape index (κ1) is 16.5. The molecule has 6 heteroatoms. The fourth-order valence-corrected chi connectivity index (χ4v) is 1.83. The van der Waals surface area contributed by atoms with Crippen molar-refractivity contribution in [2.24, 2.45) is 11.7 Å². The number of rotatable bonds is 5. The predicted octanol–water partition coefficient (Wildman–Crippen LogP) is 1.59. The number of benzene rings is 1. The molecule has 0 radical (unpaired) electrons. The van der Waals surface area contributed by atoms with Gasteiger partial charge in [-0.25, -0.2) is 0 Å². The second kappa shape index (κ2) is 7.26. The monoisotopic (exact) mass is 297 g/mol. The number of carbonyl (C=O) groups is 2. The molecule has 1 aliphatic rings. The van der Waals surface area contributed by atoms with Crippen LogP contribution in [0.1, 0.15) is 31.4 Å². The van der Waals surface area contributed by atoms with Crippen LogP contribution >= 0.6 is 12.4 Å².